The van der Waals surface area contributed by atoms with Crippen LogP contribution in [-0.2, 0) is 6.54 Å². The molecule has 0 aliphatic rings. The zero-order valence-electron chi connectivity index (χ0n) is 15.8. The van der Waals surface area contributed by atoms with Crippen molar-refractivity contribution in [1.29, 1.82) is 0 Å². The summed E-state index contributed by atoms with van der Waals surface area (Å²) in [6, 6.07) is 24.2. The number of hydrogen-bond donors (Lipinski definition) is 1. The number of aryl methyl sites for hydroxylation is 2. The molecule has 6 heteroatoms. The number of nitrogens with one attached hydrogen (secondary N) is 1. The monoisotopic (exact) mass is 371 g/mol. The van der Waals surface area contributed by atoms with Gasteiger partial charge in [-0.25, -0.2) is 4.98 Å². The molecule has 0 fully saturated rings. The Morgan fingerprint density at radius 3 is 2.25 bits per heavy atom. The van der Waals surface area contributed by atoms with Crippen molar-refractivity contribution >= 4 is 23.3 Å². The van der Waals surface area contributed by atoms with E-state index in [0.29, 0.717) is 24.1 Å². The molecule has 0 radical (unpaired) electrons. The van der Waals surface area contributed by atoms with Crippen LogP contribution in [0.1, 0.15) is 17.0 Å². The normalized spacial score (nSPS) is 10.6. The van der Waals surface area contributed by atoms with E-state index >= 15 is 0 Å². The predicted molar refractivity (Wildman–Crippen MR) is 110 cm³/mol. The Morgan fingerprint density at radius 1 is 0.857 bits per heavy atom. The molecule has 0 saturated carbocycles. The van der Waals surface area contributed by atoms with Crippen LogP contribution in [0.25, 0.3) is 0 Å². The largest absolute Gasteiger partial charge is 0.360 e. The molecule has 0 aliphatic heterocycles. The van der Waals surface area contributed by atoms with Crippen molar-refractivity contribution in [3.8, 4) is 0 Å². The number of para-hydroxylation sites is 1. The first-order valence-corrected chi connectivity index (χ1v) is 9.10. The van der Waals surface area contributed by atoms with Crippen LogP contribution in [0, 0.1) is 13.8 Å². The van der Waals surface area contributed by atoms with Crippen LogP contribution in [0.5, 0.6) is 0 Å². The molecule has 0 saturated heterocycles. The van der Waals surface area contributed by atoms with E-state index < -0.39 is 0 Å². The van der Waals surface area contributed by atoms with Crippen LogP contribution in [-0.4, -0.2) is 15.1 Å². The van der Waals surface area contributed by atoms with E-state index in [4.69, 9.17) is 9.51 Å². The maximum absolute atomic E-state index is 5.13. The number of benzene rings is 2. The molecule has 2 aromatic heterocycles. The molecule has 0 atom stereocenters. The summed E-state index contributed by atoms with van der Waals surface area (Å²) in [6.45, 7) is 4.47. The van der Waals surface area contributed by atoms with Crippen molar-refractivity contribution in [2.24, 2.45) is 0 Å². The Hall–Kier alpha value is -3.67. The minimum absolute atomic E-state index is 0.621. The third-order valence-corrected chi connectivity index (χ3v) is 4.22. The third-order valence-electron chi connectivity index (χ3n) is 4.22. The van der Waals surface area contributed by atoms with Crippen molar-refractivity contribution in [1.82, 2.24) is 15.1 Å². The van der Waals surface area contributed by atoms with E-state index in [1.54, 1.807) is 0 Å². The SMILES string of the molecule is Cc1cc(Nc2cc(C)on2)nc(N(Cc2ccccc2)c2ccccc2)n1. The van der Waals surface area contributed by atoms with E-state index in [2.05, 4.69) is 44.6 Å². The van der Waals surface area contributed by atoms with Gasteiger partial charge in [0.15, 0.2) is 5.82 Å². The second kappa shape index (κ2) is 7.92. The predicted octanol–water partition coefficient (Wildman–Crippen LogP) is 5.16. The molecule has 140 valence electrons. The summed E-state index contributed by atoms with van der Waals surface area (Å²) in [5, 5.41) is 7.17. The van der Waals surface area contributed by atoms with Crippen LogP contribution in [0.3, 0.4) is 0 Å². The Balaban J connectivity index is 1.71. The average Bonchev–Trinajstić information content (AvgIpc) is 3.11. The molecular weight excluding hydrogens is 350 g/mol. The zero-order valence-corrected chi connectivity index (χ0v) is 15.8. The maximum Gasteiger partial charge on any atom is 0.232 e. The number of anilines is 4. The van der Waals surface area contributed by atoms with Crippen molar-refractivity contribution in [2.75, 3.05) is 10.2 Å². The van der Waals surface area contributed by atoms with Gasteiger partial charge in [0.1, 0.15) is 11.6 Å². The van der Waals surface area contributed by atoms with Crippen LogP contribution in [0.15, 0.2) is 77.3 Å². The minimum Gasteiger partial charge on any atom is -0.360 e. The molecule has 0 amide bonds. The molecule has 0 aliphatic carbocycles. The molecule has 0 unspecified atom stereocenters. The Labute approximate surface area is 163 Å². The lowest BCUT2D eigenvalue weighted by Gasteiger charge is -2.23. The first-order chi connectivity index (χ1) is 13.7. The zero-order chi connectivity index (χ0) is 19.3. The summed E-state index contributed by atoms with van der Waals surface area (Å²) in [5.74, 6) is 2.65. The number of nitrogens with zero attached hydrogens (tertiary/aromatic N) is 4. The van der Waals surface area contributed by atoms with Gasteiger partial charge in [-0.3, -0.25) is 0 Å². The highest BCUT2D eigenvalue weighted by Gasteiger charge is 2.15. The molecule has 0 bridgehead atoms. The third kappa shape index (κ3) is 4.17. The lowest BCUT2D eigenvalue weighted by molar-refractivity contribution is 0.400. The Kier molecular flexibility index (Phi) is 5.01. The van der Waals surface area contributed by atoms with Gasteiger partial charge in [0.2, 0.25) is 5.95 Å². The number of aromatic nitrogens is 3. The van der Waals surface area contributed by atoms with Gasteiger partial charge >= 0.3 is 0 Å². The smallest absolute Gasteiger partial charge is 0.232 e. The van der Waals surface area contributed by atoms with E-state index in [1.807, 2.05) is 62.4 Å². The van der Waals surface area contributed by atoms with Crippen molar-refractivity contribution < 1.29 is 4.52 Å². The highest BCUT2D eigenvalue weighted by atomic mass is 16.5. The Morgan fingerprint density at radius 2 is 1.57 bits per heavy atom. The van der Waals surface area contributed by atoms with Gasteiger partial charge in [-0.05, 0) is 31.5 Å². The highest BCUT2D eigenvalue weighted by Crippen LogP contribution is 2.26. The van der Waals surface area contributed by atoms with E-state index in [-0.39, 0.29) is 0 Å². The highest BCUT2D eigenvalue weighted by molar-refractivity contribution is 5.61. The van der Waals surface area contributed by atoms with Gasteiger partial charge in [0, 0.05) is 23.5 Å². The summed E-state index contributed by atoms with van der Waals surface area (Å²) < 4.78 is 5.13. The minimum atomic E-state index is 0.621. The summed E-state index contributed by atoms with van der Waals surface area (Å²) in [5.41, 5.74) is 3.07. The van der Waals surface area contributed by atoms with E-state index in [1.165, 1.54) is 5.56 Å². The van der Waals surface area contributed by atoms with Crippen LogP contribution < -0.4 is 10.2 Å². The summed E-state index contributed by atoms with van der Waals surface area (Å²) in [4.78, 5) is 11.5. The topological polar surface area (TPSA) is 67.1 Å². The standard InChI is InChI=1S/C22H21N5O/c1-16-13-20(24-21-14-17(2)28-26-21)25-22(23-16)27(19-11-7-4-8-12-19)15-18-9-5-3-6-10-18/h3-14H,15H2,1-2H3,(H,23,24,25,26). The summed E-state index contributed by atoms with van der Waals surface area (Å²) in [7, 11) is 0. The lowest BCUT2D eigenvalue weighted by Crippen LogP contribution is -2.20. The molecule has 2 heterocycles. The van der Waals surface area contributed by atoms with Gasteiger partial charge in [-0.15, -0.1) is 0 Å². The van der Waals surface area contributed by atoms with Crippen molar-refractivity contribution in [3.05, 3.63) is 89.8 Å². The molecule has 2 aromatic carbocycles. The molecule has 4 rings (SSSR count). The first-order valence-electron chi connectivity index (χ1n) is 9.10. The second-order valence-electron chi connectivity index (χ2n) is 6.55. The molecule has 4 aromatic rings. The average molecular weight is 371 g/mol. The van der Waals surface area contributed by atoms with Crippen LogP contribution in [0.4, 0.5) is 23.3 Å². The number of hydrogen-bond acceptors (Lipinski definition) is 6. The molecule has 6 nitrogen and oxygen atoms in total. The molecule has 0 spiro atoms. The summed E-state index contributed by atoms with van der Waals surface area (Å²) >= 11 is 0. The summed E-state index contributed by atoms with van der Waals surface area (Å²) in [6.07, 6.45) is 0. The van der Waals surface area contributed by atoms with E-state index in [0.717, 1.165) is 17.1 Å². The van der Waals surface area contributed by atoms with Gasteiger partial charge in [0.25, 0.3) is 0 Å². The molecule has 1 N–H and O–H groups in total. The molecule has 28 heavy (non-hydrogen) atoms. The van der Waals surface area contributed by atoms with Crippen molar-refractivity contribution in [2.45, 2.75) is 20.4 Å². The lowest BCUT2D eigenvalue weighted by atomic mass is 10.2. The van der Waals surface area contributed by atoms with E-state index in [9.17, 15) is 0 Å². The second-order valence-corrected chi connectivity index (χ2v) is 6.55. The number of rotatable bonds is 6. The van der Waals surface area contributed by atoms with Gasteiger partial charge < -0.3 is 14.7 Å². The first kappa shape index (κ1) is 17.7. The quantitative estimate of drug-likeness (QED) is 0.505. The van der Waals surface area contributed by atoms with Crippen LogP contribution >= 0.6 is 0 Å². The Bertz CT molecular complexity index is 1050. The van der Waals surface area contributed by atoms with Crippen LogP contribution in [0.2, 0.25) is 0 Å². The van der Waals surface area contributed by atoms with Gasteiger partial charge in [-0.2, -0.15) is 4.98 Å². The fraction of sp³-hybridized carbons (Fsp3) is 0.136. The van der Waals surface area contributed by atoms with Crippen molar-refractivity contribution in [3.63, 3.8) is 0 Å². The van der Waals surface area contributed by atoms with Gasteiger partial charge in [0.05, 0.1) is 6.54 Å². The fourth-order valence-electron chi connectivity index (χ4n) is 2.95. The maximum atomic E-state index is 5.13. The van der Waals surface area contributed by atoms with Gasteiger partial charge in [-0.1, -0.05) is 53.7 Å². The molecular formula is C22H21N5O. The fourth-order valence-corrected chi connectivity index (χ4v) is 2.95.